The zero-order valence-electron chi connectivity index (χ0n) is 7.48. The van der Waals surface area contributed by atoms with Gasteiger partial charge in [-0.2, -0.15) is 0 Å². The Labute approximate surface area is 103 Å². The summed E-state index contributed by atoms with van der Waals surface area (Å²) >= 11 is 16.3. The first-order valence-electron chi connectivity index (χ1n) is 3.96. The molecule has 0 bridgehead atoms. The van der Waals surface area contributed by atoms with Gasteiger partial charge in [-0.1, -0.05) is 53.0 Å². The Bertz CT molecular complexity index is 398. The fraction of sp³-hybridized carbons (Fsp3) is 0.111. The Hall–Kier alpha value is 0.0200. The van der Waals surface area contributed by atoms with Crippen molar-refractivity contribution in [2.24, 2.45) is 0 Å². The second-order valence-electron chi connectivity index (χ2n) is 2.82. The Morgan fingerprint density at radius 2 is 1.73 bits per heavy atom. The van der Waals surface area contributed by atoms with Crippen molar-refractivity contribution in [3.05, 3.63) is 42.2 Å². The van der Waals surface area contributed by atoms with Crippen molar-refractivity contribution in [3.63, 3.8) is 0 Å². The quantitative estimate of drug-likeness (QED) is 0.667. The normalized spacial score (nSPS) is 16.5. The third-order valence-corrected chi connectivity index (χ3v) is 3.56. The van der Waals surface area contributed by atoms with Crippen molar-refractivity contribution in [2.45, 2.75) is 3.79 Å². The Morgan fingerprint density at radius 3 is 2.20 bits per heavy atom. The molecule has 0 saturated carbocycles. The molecule has 1 N–H and O–H groups in total. The molecule has 0 aliphatic carbocycles. The predicted octanol–water partition coefficient (Wildman–Crippen LogP) is 3.47. The zero-order valence-corrected chi connectivity index (χ0v) is 10.6. The van der Waals surface area contributed by atoms with E-state index in [0.717, 1.165) is 11.9 Å². The van der Waals surface area contributed by atoms with E-state index in [2.05, 4.69) is 0 Å². The minimum Gasteiger partial charge on any atom is -0.338 e. The number of alkyl halides is 3. The standard InChI is InChI=1S/C9H8Cl3O2P/c10-9(11,12)6-7-15(13,14)8-4-2-1-3-5-8/h1-7H,(H,13,14)/b7-6+. The van der Waals surface area contributed by atoms with Crippen LogP contribution in [0.3, 0.4) is 0 Å². The molecule has 0 amide bonds. The summed E-state index contributed by atoms with van der Waals surface area (Å²) in [5, 5.41) is 0.301. The molecule has 0 aromatic heterocycles. The van der Waals surface area contributed by atoms with Crippen LogP contribution in [0.25, 0.3) is 0 Å². The minimum absolute atomic E-state index is 0.301. The third-order valence-electron chi connectivity index (χ3n) is 1.59. The van der Waals surface area contributed by atoms with Crippen molar-refractivity contribution in [2.75, 3.05) is 0 Å². The summed E-state index contributed by atoms with van der Waals surface area (Å²) in [6.45, 7) is 0. The highest BCUT2D eigenvalue weighted by Gasteiger charge is 2.21. The van der Waals surface area contributed by atoms with Crippen LogP contribution in [0.2, 0.25) is 0 Å². The molecule has 0 saturated heterocycles. The van der Waals surface area contributed by atoms with E-state index in [1.165, 1.54) is 0 Å². The van der Waals surface area contributed by atoms with Crippen LogP contribution in [0.4, 0.5) is 0 Å². The Morgan fingerprint density at radius 1 is 1.20 bits per heavy atom. The van der Waals surface area contributed by atoms with Crippen molar-refractivity contribution in [3.8, 4) is 0 Å². The smallest absolute Gasteiger partial charge is 0.251 e. The first-order chi connectivity index (χ1) is 6.81. The van der Waals surface area contributed by atoms with Gasteiger partial charge in [0.2, 0.25) is 3.79 Å². The van der Waals surface area contributed by atoms with Crippen LogP contribution < -0.4 is 5.30 Å². The van der Waals surface area contributed by atoms with Crippen LogP contribution in [-0.2, 0) is 4.57 Å². The highest BCUT2D eigenvalue weighted by Crippen LogP contribution is 2.43. The fourth-order valence-corrected chi connectivity index (χ4v) is 2.56. The van der Waals surface area contributed by atoms with Gasteiger partial charge in [0.25, 0.3) is 7.37 Å². The fourth-order valence-electron chi connectivity index (χ4n) is 0.913. The van der Waals surface area contributed by atoms with Crippen LogP contribution in [0.15, 0.2) is 42.2 Å². The predicted molar refractivity (Wildman–Crippen MR) is 65.3 cm³/mol. The lowest BCUT2D eigenvalue weighted by atomic mass is 10.4. The molecule has 1 aromatic rings. The van der Waals surface area contributed by atoms with Crippen LogP contribution in [0.1, 0.15) is 0 Å². The molecule has 82 valence electrons. The molecule has 0 spiro atoms. The molecule has 0 aliphatic heterocycles. The Balaban J connectivity index is 2.95. The highest BCUT2D eigenvalue weighted by molar-refractivity contribution is 7.69. The number of hydrogen-bond acceptors (Lipinski definition) is 1. The van der Waals surface area contributed by atoms with Gasteiger partial charge in [0.15, 0.2) is 0 Å². The molecule has 0 aliphatic rings. The van der Waals surface area contributed by atoms with Gasteiger partial charge < -0.3 is 4.89 Å². The summed E-state index contributed by atoms with van der Waals surface area (Å²) in [6, 6.07) is 8.18. The first-order valence-corrected chi connectivity index (χ1v) is 6.83. The largest absolute Gasteiger partial charge is 0.338 e. The number of benzene rings is 1. The van der Waals surface area contributed by atoms with E-state index in [4.69, 9.17) is 34.8 Å². The van der Waals surface area contributed by atoms with E-state index in [1.54, 1.807) is 30.3 Å². The summed E-state index contributed by atoms with van der Waals surface area (Å²) < 4.78 is 10.1. The van der Waals surface area contributed by atoms with Gasteiger partial charge in [-0.3, -0.25) is 4.57 Å². The second kappa shape index (κ2) is 4.90. The van der Waals surface area contributed by atoms with Crippen molar-refractivity contribution in [1.82, 2.24) is 0 Å². The average Bonchev–Trinajstić information content (AvgIpc) is 2.16. The molecule has 0 radical (unpaired) electrons. The van der Waals surface area contributed by atoms with Crippen LogP contribution in [0, 0.1) is 0 Å². The van der Waals surface area contributed by atoms with Crippen LogP contribution >= 0.6 is 42.2 Å². The highest BCUT2D eigenvalue weighted by atomic mass is 35.6. The minimum atomic E-state index is -3.58. The maximum absolute atomic E-state index is 11.8. The summed E-state index contributed by atoms with van der Waals surface area (Å²) in [6.07, 6.45) is 1.07. The van der Waals surface area contributed by atoms with Gasteiger partial charge in [0.1, 0.15) is 0 Å². The zero-order chi connectivity index (χ0) is 11.5. The maximum Gasteiger partial charge on any atom is 0.251 e. The van der Waals surface area contributed by atoms with E-state index in [9.17, 15) is 9.46 Å². The van der Waals surface area contributed by atoms with Gasteiger partial charge in [0.05, 0.1) is 0 Å². The van der Waals surface area contributed by atoms with Gasteiger partial charge in [-0.05, 0) is 18.2 Å². The van der Waals surface area contributed by atoms with E-state index in [1.807, 2.05) is 0 Å². The van der Waals surface area contributed by atoms with Crippen LogP contribution in [-0.4, -0.2) is 8.69 Å². The van der Waals surface area contributed by atoms with Crippen LogP contribution in [0.5, 0.6) is 0 Å². The number of allylic oxidation sites excluding steroid dienone is 1. The van der Waals surface area contributed by atoms with Gasteiger partial charge >= 0.3 is 0 Å². The van der Waals surface area contributed by atoms with E-state index < -0.39 is 11.2 Å². The first kappa shape index (κ1) is 13.1. The number of rotatable bonds is 2. The third kappa shape index (κ3) is 4.58. The maximum atomic E-state index is 11.8. The topological polar surface area (TPSA) is 37.3 Å². The molecule has 0 heterocycles. The molecular formula is C9H8Cl3O2P. The lowest BCUT2D eigenvalue weighted by molar-refractivity contribution is 0.500. The molecule has 1 unspecified atom stereocenters. The number of hydrogen-bond donors (Lipinski definition) is 1. The SMILES string of the molecule is O=P(O)(/C=C/C(Cl)(Cl)Cl)c1ccccc1. The summed E-state index contributed by atoms with van der Waals surface area (Å²) in [7, 11) is -3.58. The molecule has 2 nitrogen and oxygen atoms in total. The van der Waals surface area contributed by atoms with Crippen molar-refractivity contribution in [1.29, 1.82) is 0 Å². The van der Waals surface area contributed by atoms with Gasteiger partial charge in [-0.25, -0.2) is 0 Å². The lowest BCUT2D eigenvalue weighted by Gasteiger charge is -2.08. The van der Waals surface area contributed by atoms with Gasteiger partial charge in [-0.15, -0.1) is 0 Å². The Kier molecular flexibility index (Phi) is 4.28. The molecule has 0 fully saturated rings. The summed E-state index contributed by atoms with van der Waals surface area (Å²) in [5.41, 5.74) is 0. The van der Waals surface area contributed by atoms with E-state index >= 15 is 0 Å². The average molecular weight is 285 g/mol. The lowest BCUT2D eigenvalue weighted by Crippen LogP contribution is -2.02. The molecular weight excluding hydrogens is 277 g/mol. The summed E-state index contributed by atoms with van der Waals surface area (Å²) in [4.78, 5) is 9.64. The van der Waals surface area contributed by atoms with Crippen molar-refractivity contribution >= 4 is 47.5 Å². The molecule has 6 heteroatoms. The summed E-state index contributed by atoms with van der Waals surface area (Å²) in [5.74, 6) is 1.02. The monoisotopic (exact) mass is 284 g/mol. The van der Waals surface area contributed by atoms with E-state index in [0.29, 0.717) is 5.30 Å². The van der Waals surface area contributed by atoms with Crippen molar-refractivity contribution < 1.29 is 9.46 Å². The number of halogens is 3. The van der Waals surface area contributed by atoms with E-state index in [-0.39, 0.29) is 0 Å². The molecule has 1 aromatic carbocycles. The molecule has 15 heavy (non-hydrogen) atoms. The second-order valence-corrected chi connectivity index (χ2v) is 7.25. The van der Waals surface area contributed by atoms with Gasteiger partial charge in [0, 0.05) is 11.1 Å². The molecule has 1 atom stereocenters. The molecule has 1 rings (SSSR count).